The summed E-state index contributed by atoms with van der Waals surface area (Å²) in [7, 11) is 0. The average molecular weight is 296 g/mol. The van der Waals surface area contributed by atoms with Crippen molar-refractivity contribution in [1.82, 2.24) is 9.88 Å². The molecule has 20 heavy (non-hydrogen) atoms. The van der Waals surface area contributed by atoms with Crippen LogP contribution in [-0.4, -0.2) is 53.2 Å². The molecule has 1 atom stereocenters. The summed E-state index contributed by atoms with van der Waals surface area (Å²) < 4.78 is 0. The number of nitrogens with zero attached hydrogens (tertiary/aromatic N) is 3. The van der Waals surface area contributed by atoms with Gasteiger partial charge in [0, 0.05) is 31.7 Å². The Morgan fingerprint density at radius 3 is 2.70 bits per heavy atom. The smallest absolute Gasteiger partial charge is 0.254 e. The zero-order valence-corrected chi connectivity index (χ0v) is 12.0. The van der Waals surface area contributed by atoms with Gasteiger partial charge >= 0.3 is 0 Å². The Balaban J connectivity index is 1.83. The zero-order valence-electron chi connectivity index (χ0n) is 11.3. The number of aliphatic hydroxyl groups excluding tert-OH is 1. The van der Waals surface area contributed by atoms with Crippen molar-refractivity contribution in [3.63, 3.8) is 0 Å². The molecule has 3 rings (SSSR count). The number of amides is 1. The summed E-state index contributed by atoms with van der Waals surface area (Å²) in [6, 6.07) is 3.42. The van der Waals surface area contributed by atoms with Gasteiger partial charge < -0.3 is 14.9 Å². The van der Waals surface area contributed by atoms with Crippen molar-refractivity contribution >= 4 is 23.3 Å². The molecule has 2 aliphatic heterocycles. The van der Waals surface area contributed by atoms with Crippen molar-refractivity contribution in [2.45, 2.75) is 25.4 Å². The number of carbonyl (C=O) groups excluding carboxylic acids is 1. The first-order valence-electron chi connectivity index (χ1n) is 7.03. The van der Waals surface area contributed by atoms with Gasteiger partial charge in [-0.05, 0) is 31.4 Å². The van der Waals surface area contributed by atoms with Crippen molar-refractivity contribution in [3.05, 3.63) is 22.8 Å². The number of rotatable bonds is 2. The first-order valence-corrected chi connectivity index (χ1v) is 7.41. The largest absolute Gasteiger partial charge is 0.391 e. The van der Waals surface area contributed by atoms with Crippen LogP contribution < -0.4 is 4.90 Å². The Morgan fingerprint density at radius 1 is 1.30 bits per heavy atom. The Morgan fingerprint density at radius 2 is 2.05 bits per heavy atom. The van der Waals surface area contributed by atoms with E-state index in [1.807, 2.05) is 6.07 Å². The number of pyridine rings is 1. The van der Waals surface area contributed by atoms with E-state index in [9.17, 15) is 9.90 Å². The summed E-state index contributed by atoms with van der Waals surface area (Å²) in [4.78, 5) is 20.6. The highest BCUT2D eigenvalue weighted by atomic mass is 35.5. The molecular formula is C14H18ClN3O2. The van der Waals surface area contributed by atoms with E-state index in [0.717, 1.165) is 31.7 Å². The molecule has 108 valence electrons. The second kappa shape index (κ2) is 5.58. The highest BCUT2D eigenvalue weighted by molar-refractivity contribution is 6.29. The molecule has 1 amide bonds. The number of aromatic nitrogens is 1. The van der Waals surface area contributed by atoms with Gasteiger partial charge in [0.05, 0.1) is 6.10 Å². The minimum Gasteiger partial charge on any atom is -0.391 e. The maximum Gasteiger partial charge on any atom is 0.254 e. The van der Waals surface area contributed by atoms with E-state index in [-0.39, 0.29) is 5.91 Å². The van der Waals surface area contributed by atoms with E-state index < -0.39 is 6.10 Å². The number of likely N-dealkylation sites (tertiary alicyclic amines) is 1. The number of hydrogen-bond donors (Lipinski definition) is 1. The topological polar surface area (TPSA) is 56.7 Å². The van der Waals surface area contributed by atoms with Gasteiger partial charge in [0.25, 0.3) is 5.91 Å². The van der Waals surface area contributed by atoms with E-state index in [4.69, 9.17) is 11.6 Å². The number of hydrogen-bond acceptors (Lipinski definition) is 4. The predicted octanol–water partition coefficient (Wildman–Crippen LogP) is 1.54. The van der Waals surface area contributed by atoms with E-state index >= 15 is 0 Å². The first-order chi connectivity index (χ1) is 9.63. The van der Waals surface area contributed by atoms with Gasteiger partial charge in [-0.15, -0.1) is 0 Å². The van der Waals surface area contributed by atoms with Crippen LogP contribution in [0.1, 0.15) is 29.6 Å². The van der Waals surface area contributed by atoms with Crippen LogP contribution in [-0.2, 0) is 0 Å². The molecule has 0 saturated carbocycles. The monoisotopic (exact) mass is 295 g/mol. The minimum absolute atomic E-state index is 0.0775. The molecule has 1 aromatic heterocycles. The molecule has 0 aliphatic carbocycles. The van der Waals surface area contributed by atoms with Crippen LogP contribution in [0, 0.1) is 0 Å². The van der Waals surface area contributed by atoms with Crippen LogP contribution in [0.3, 0.4) is 0 Å². The lowest BCUT2D eigenvalue weighted by Crippen LogP contribution is -2.30. The van der Waals surface area contributed by atoms with Gasteiger partial charge in [0.1, 0.15) is 11.0 Å². The minimum atomic E-state index is -0.408. The van der Waals surface area contributed by atoms with Gasteiger partial charge in [-0.25, -0.2) is 4.98 Å². The third kappa shape index (κ3) is 2.74. The lowest BCUT2D eigenvalue weighted by molar-refractivity contribution is 0.0765. The van der Waals surface area contributed by atoms with Crippen LogP contribution in [0.4, 0.5) is 5.82 Å². The Kier molecular flexibility index (Phi) is 3.81. The fraction of sp³-hybridized carbons (Fsp3) is 0.571. The quantitative estimate of drug-likeness (QED) is 0.841. The summed E-state index contributed by atoms with van der Waals surface area (Å²) in [5, 5.41) is 9.88. The summed E-state index contributed by atoms with van der Waals surface area (Å²) in [5.41, 5.74) is 0.556. The second-order valence-electron chi connectivity index (χ2n) is 5.42. The van der Waals surface area contributed by atoms with Gasteiger partial charge in [-0.3, -0.25) is 4.79 Å². The molecule has 2 aliphatic rings. The van der Waals surface area contributed by atoms with Gasteiger partial charge in [-0.2, -0.15) is 0 Å². The molecule has 2 fully saturated rings. The molecule has 6 heteroatoms. The van der Waals surface area contributed by atoms with Crippen LogP contribution >= 0.6 is 11.6 Å². The molecule has 0 spiro atoms. The van der Waals surface area contributed by atoms with Crippen molar-refractivity contribution in [1.29, 1.82) is 0 Å². The molecule has 1 aromatic rings. The molecule has 3 heterocycles. The summed E-state index contributed by atoms with van der Waals surface area (Å²) >= 11 is 6.05. The first kappa shape index (κ1) is 13.6. The van der Waals surface area contributed by atoms with Crippen LogP contribution in [0.2, 0.25) is 5.15 Å². The zero-order chi connectivity index (χ0) is 14.1. The molecule has 5 nitrogen and oxygen atoms in total. The van der Waals surface area contributed by atoms with Crippen LogP contribution in [0.15, 0.2) is 12.1 Å². The maximum absolute atomic E-state index is 12.4. The van der Waals surface area contributed by atoms with Crippen LogP contribution in [0.5, 0.6) is 0 Å². The summed E-state index contributed by atoms with van der Waals surface area (Å²) in [5.74, 6) is 0.699. The lowest BCUT2D eigenvalue weighted by Gasteiger charge is -2.19. The number of carbonyl (C=O) groups is 1. The maximum atomic E-state index is 12.4. The molecule has 2 saturated heterocycles. The third-order valence-corrected chi connectivity index (χ3v) is 4.10. The Bertz CT molecular complexity index is 517. The lowest BCUT2D eigenvalue weighted by atomic mass is 10.2. The summed E-state index contributed by atoms with van der Waals surface area (Å²) in [6.07, 6.45) is 2.53. The number of β-amino-alcohol motifs (C(OH)–C–C–N with tert-alkyl or cyclic N) is 1. The second-order valence-corrected chi connectivity index (χ2v) is 5.81. The fourth-order valence-electron chi connectivity index (χ4n) is 2.82. The van der Waals surface area contributed by atoms with Gasteiger partial charge in [-0.1, -0.05) is 11.6 Å². The van der Waals surface area contributed by atoms with Gasteiger partial charge in [0.2, 0.25) is 0 Å². The summed E-state index contributed by atoms with van der Waals surface area (Å²) in [6.45, 7) is 2.92. The molecule has 0 bridgehead atoms. The van der Waals surface area contributed by atoms with Crippen molar-refractivity contribution in [2.24, 2.45) is 0 Å². The van der Waals surface area contributed by atoms with E-state index in [1.54, 1.807) is 11.0 Å². The average Bonchev–Trinajstić information content (AvgIpc) is 3.08. The van der Waals surface area contributed by atoms with Crippen molar-refractivity contribution in [3.8, 4) is 0 Å². The van der Waals surface area contributed by atoms with Crippen molar-refractivity contribution in [2.75, 3.05) is 31.1 Å². The fourth-order valence-corrected chi connectivity index (χ4v) is 3.03. The van der Waals surface area contributed by atoms with E-state index in [1.165, 1.54) is 0 Å². The number of halogens is 1. The highest BCUT2D eigenvalue weighted by Gasteiger charge is 2.26. The Labute approximate surface area is 123 Å². The van der Waals surface area contributed by atoms with E-state index in [0.29, 0.717) is 30.2 Å². The number of anilines is 1. The predicted molar refractivity (Wildman–Crippen MR) is 77.2 cm³/mol. The van der Waals surface area contributed by atoms with Crippen molar-refractivity contribution < 1.29 is 9.90 Å². The number of aliphatic hydroxyl groups is 1. The molecule has 0 unspecified atom stereocenters. The molecular weight excluding hydrogens is 278 g/mol. The molecule has 0 radical (unpaired) electrons. The van der Waals surface area contributed by atoms with E-state index in [2.05, 4.69) is 9.88 Å². The normalized spacial score (nSPS) is 22.6. The van der Waals surface area contributed by atoms with Gasteiger partial charge in [0.15, 0.2) is 0 Å². The Hall–Kier alpha value is -1.33. The molecule has 1 N–H and O–H groups in total. The highest BCUT2D eigenvalue weighted by Crippen LogP contribution is 2.23. The molecule has 0 aromatic carbocycles. The third-order valence-electron chi connectivity index (χ3n) is 3.91. The van der Waals surface area contributed by atoms with Crippen LogP contribution in [0.25, 0.3) is 0 Å². The standard InChI is InChI=1S/C14H18ClN3O2/c15-12-7-10(14(20)18-6-3-11(19)9-18)8-13(16-12)17-4-1-2-5-17/h7-8,11,19H,1-6,9H2/t11-/m1/s1. The SMILES string of the molecule is O=C(c1cc(Cl)nc(N2CCCC2)c1)N1CC[C@@H](O)C1.